The molecule has 0 unspecified atom stereocenters. The van der Waals surface area contributed by atoms with Crippen molar-refractivity contribution in [1.29, 1.82) is 0 Å². The van der Waals surface area contributed by atoms with Gasteiger partial charge in [0.1, 0.15) is 0 Å². The van der Waals surface area contributed by atoms with E-state index in [4.69, 9.17) is 0 Å². The number of rotatable bonds is 0. The second kappa shape index (κ2) is 3.04. The van der Waals surface area contributed by atoms with Gasteiger partial charge in [0.15, 0.2) is 0 Å². The van der Waals surface area contributed by atoms with Crippen LogP contribution in [0.5, 0.6) is 0 Å². The summed E-state index contributed by atoms with van der Waals surface area (Å²) in [6.07, 6.45) is 0. The summed E-state index contributed by atoms with van der Waals surface area (Å²) < 4.78 is 0. The van der Waals surface area contributed by atoms with E-state index in [1.165, 1.54) is 0 Å². The molecular weight excluding hydrogens is 116 g/mol. The molecule has 1 radical (unpaired) electrons. The highest BCUT2D eigenvalue weighted by molar-refractivity contribution is 9.12. The molecule has 21 valence electrons. The molecule has 0 aromatic carbocycles. The van der Waals surface area contributed by atoms with Crippen molar-refractivity contribution in [1.82, 2.24) is 0 Å². The van der Waals surface area contributed by atoms with Crippen LogP contribution < -0.4 is 0 Å². The van der Waals surface area contributed by atoms with Crippen LogP contribution in [0, 0.1) is 17.7 Å². The van der Waals surface area contributed by atoms with Gasteiger partial charge in [-0.1, -0.05) is 5.92 Å². The summed E-state index contributed by atoms with van der Waals surface area (Å²) in [6, 6.07) is 0. The van der Waals surface area contributed by atoms with Crippen molar-refractivity contribution >= 4 is 15.9 Å². The average molecular weight is 118 g/mol. The summed E-state index contributed by atoms with van der Waals surface area (Å²) in [7, 11) is 0. The lowest BCUT2D eigenvalue weighted by atomic mass is 10.9. The molecule has 0 amide bonds. The Hall–Kier alpha value is 0.0400. The van der Waals surface area contributed by atoms with Gasteiger partial charge in [-0.05, 0) is 4.83 Å². The van der Waals surface area contributed by atoms with Crippen molar-refractivity contribution in [3.8, 4) is 10.8 Å². The van der Waals surface area contributed by atoms with E-state index in [-0.39, 0.29) is 0 Å². The molecule has 1 heteroatoms. The second-order valence-electron chi connectivity index (χ2n) is 0.271. The first-order valence-corrected chi connectivity index (χ1v) is 1.59. The second-order valence-corrected chi connectivity index (χ2v) is 0.668. The molecule has 0 bridgehead atoms. The quantitative estimate of drug-likeness (QED) is 0.419. The standard InChI is InChI=1S/C3H2Br/c1-2-3-4/h1H2. The Labute approximate surface area is 34.3 Å². The Morgan fingerprint density at radius 1 is 1.75 bits per heavy atom. The third-order valence-corrected chi connectivity index (χ3v) is 0.347. The molecule has 0 aromatic rings. The highest BCUT2D eigenvalue weighted by atomic mass is 79.9. The Morgan fingerprint density at radius 2 is 2.00 bits per heavy atom. The average Bonchev–Trinajstić information content (AvgIpc) is 1.37. The zero-order valence-corrected chi connectivity index (χ0v) is 3.67. The van der Waals surface area contributed by atoms with Crippen molar-refractivity contribution < 1.29 is 0 Å². The first-order valence-electron chi connectivity index (χ1n) is 0.793. The van der Waals surface area contributed by atoms with Gasteiger partial charge >= 0.3 is 0 Å². The highest BCUT2D eigenvalue weighted by Gasteiger charge is 1.30. The fourth-order valence-corrected chi connectivity index (χ4v) is 0. The van der Waals surface area contributed by atoms with Crippen molar-refractivity contribution in [2.75, 3.05) is 0 Å². The first-order chi connectivity index (χ1) is 1.91. The van der Waals surface area contributed by atoms with Crippen LogP contribution in [-0.2, 0) is 0 Å². The molecule has 0 saturated carbocycles. The van der Waals surface area contributed by atoms with Gasteiger partial charge in [0.2, 0.25) is 0 Å². The van der Waals surface area contributed by atoms with E-state index in [2.05, 4.69) is 33.6 Å². The maximum Gasteiger partial charge on any atom is 0.0208 e. The van der Waals surface area contributed by atoms with Crippen LogP contribution in [0.4, 0.5) is 0 Å². The molecular formula is C3H2Br. The predicted molar refractivity (Wildman–Crippen MR) is 22.1 cm³/mol. The van der Waals surface area contributed by atoms with Crippen molar-refractivity contribution in [3.05, 3.63) is 6.92 Å². The molecule has 0 saturated heterocycles. The van der Waals surface area contributed by atoms with Gasteiger partial charge in [-0.25, -0.2) is 0 Å². The maximum atomic E-state index is 3.20. The van der Waals surface area contributed by atoms with Gasteiger partial charge in [-0.3, -0.25) is 0 Å². The van der Waals surface area contributed by atoms with Crippen molar-refractivity contribution in [2.24, 2.45) is 0 Å². The Kier molecular flexibility index (Phi) is 3.07. The molecule has 0 atom stereocenters. The third kappa shape index (κ3) is 2.04. The normalized spacial score (nSPS) is 3.50. The van der Waals surface area contributed by atoms with Crippen LogP contribution >= 0.6 is 15.9 Å². The van der Waals surface area contributed by atoms with Gasteiger partial charge in [0.05, 0.1) is 0 Å². The van der Waals surface area contributed by atoms with E-state index in [0.29, 0.717) is 0 Å². The summed E-state index contributed by atoms with van der Waals surface area (Å²) in [4.78, 5) is 2.38. The minimum Gasteiger partial charge on any atom is -0.0898 e. The van der Waals surface area contributed by atoms with E-state index in [9.17, 15) is 0 Å². The molecule has 0 rings (SSSR count). The van der Waals surface area contributed by atoms with Crippen molar-refractivity contribution in [2.45, 2.75) is 0 Å². The molecule has 0 heterocycles. The summed E-state index contributed by atoms with van der Waals surface area (Å²) in [5.74, 6) is 2.35. The Morgan fingerprint density at radius 3 is 2.00 bits per heavy atom. The largest absolute Gasteiger partial charge is 0.0898 e. The number of hydrogen-bond acceptors (Lipinski definition) is 0. The number of hydrogen-bond donors (Lipinski definition) is 0. The Balaban J connectivity index is 2.83. The maximum absolute atomic E-state index is 3.20. The molecule has 0 N–H and O–H groups in total. The zero-order chi connectivity index (χ0) is 3.41. The van der Waals surface area contributed by atoms with E-state index >= 15 is 0 Å². The van der Waals surface area contributed by atoms with E-state index in [1.807, 2.05) is 0 Å². The van der Waals surface area contributed by atoms with Crippen LogP contribution in [-0.4, -0.2) is 0 Å². The summed E-state index contributed by atoms with van der Waals surface area (Å²) in [6.45, 7) is 3.20. The van der Waals surface area contributed by atoms with Gasteiger partial charge in [-0.2, -0.15) is 0 Å². The molecule has 0 aliphatic heterocycles. The van der Waals surface area contributed by atoms with Gasteiger partial charge in [0, 0.05) is 22.9 Å². The fourth-order valence-electron chi connectivity index (χ4n) is 0. The molecule has 0 aliphatic rings. The topological polar surface area (TPSA) is 0 Å². The molecule has 4 heavy (non-hydrogen) atoms. The summed E-state index contributed by atoms with van der Waals surface area (Å²) >= 11 is 2.82. The lowest BCUT2D eigenvalue weighted by molar-refractivity contribution is 2.42. The lowest BCUT2D eigenvalue weighted by Crippen LogP contribution is -1.22. The van der Waals surface area contributed by atoms with Crippen LogP contribution in [0.1, 0.15) is 0 Å². The monoisotopic (exact) mass is 117 g/mol. The predicted octanol–water partition coefficient (Wildman–Crippen LogP) is 1.18. The van der Waals surface area contributed by atoms with Crippen molar-refractivity contribution in [3.63, 3.8) is 0 Å². The molecule has 0 aromatic heterocycles. The summed E-state index contributed by atoms with van der Waals surface area (Å²) in [5, 5.41) is 0. The molecule has 0 aliphatic carbocycles. The van der Waals surface area contributed by atoms with Crippen LogP contribution in [0.2, 0.25) is 0 Å². The number of halogens is 1. The smallest absolute Gasteiger partial charge is 0.0208 e. The lowest BCUT2D eigenvalue weighted by Gasteiger charge is -1.36. The van der Waals surface area contributed by atoms with Crippen LogP contribution in [0.3, 0.4) is 0 Å². The van der Waals surface area contributed by atoms with E-state index in [1.54, 1.807) is 0 Å². The zero-order valence-electron chi connectivity index (χ0n) is 2.09. The molecule has 0 spiro atoms. The van der Waals surface area contributed by atoms with Gasteiger partial charge < -0.3 is 0 Å². The summed E-state index contributed by atoms with van der Waals surface area (Å²) in [5.41, 5.74) is 0. The van der Waals surface area contributed by atoms with Crippen LogP contribution in [0.15, 0.2) is 0 Å². The fraction of sp³-hybridized carbons (Fsp3) is 0. The SMILES string of the molecule is [CH2]C#CBr. The van der Waals surface area contributed by atoms with Gasteiger partial charge in [-0.15, -0.1) is 0 Å². The van der Waals surface area contributed by atoms with E-state index in [0.717, 1.165) is 0 Å². The minimum atomic E-state index is 2.35. The van der Waals surface area contributed by atoms with Crippen LogP contribution in [0.25, 0.3) is 0 Å². The van der Waals surface area contributed by atoms with Gasteiger partial charge in [0.25, 0.3) is 0 Å². The first kappa shape index (κ1) is 4.04. The third-order valence-electron chi connectivity index (χ3n) is 0.0668. The Bertz CT molecular complexity index is 40.0. The molecule has 0 fully saturated rings. The highest BCUT2D eigenvalue weighted by Crippen LogP contribution is 1.63. The minimum absolute atomic E-state index is 2.35. The molecule has 0 nitrogen and oxygen atoms in total. The van der Waals surface area contributed by atoms with E-state index < -0.39 is 0 Å².